The number of hydrogen-bond acceptors (Lipinski definition) is 6. The van der Waals surface area contributed by atoms with E-state index in [4.69, 9.17) is 15.7 Å². The first-order valence-electron chi connectivity index (χ1n) is 5.42. The van der Waals surface area contributed by atoms with E-state index in [1.54, 1.807) is 12.3 Å². The lowest BCUT2D eigenvalue weighted by Crippen LogP contribution is -2.09. The Labute approximate surface area is 104 Å². The van der Waals surface area contributed by atoms with Crippen molar-refractivity contribution in [3.05, 3.63) is 47.9 Å². The summed E-state index contributed by atoms with van der Waals surface area (Å²) in [4.78, 5) is 8.15. The molecule has 0 fully saturated rings. The fraction of sp³-hybridized carbons (Fsp3) is 0.167. The molecule has 94 valence electrons. The summed E-state index contributed by atoms with van der Waals surface area (Å²) in [7, 11) is 0. The maximum Gasteiger partial charge on any atom is 0.158 e. The van der Waals surface area contributed by atoms with Crippen molar-refractivity contribution in [2.24, 2.45) is 5.84 Å². The van der Waals surface area contributed by atoms with Gasteiger partial charge in [0.15, 0.2) is 5.82 Å². The van der Waals surface area contributed by atoms with Gasteiger partial charge in [0.2, 0.25) is 0 Å². The maximum absolute atomic E-state index is 9.01. The Morgan fingerprint density at radius 3 is 2.83 bits per heavy atom. The van der Waals surface area contributed by atoms with E-state index < -0.39 is 0 Å². The summed E-state index contributed by atoms with van der Waals surface area (Å²) in [5.74, 6) is 6.38. The number of aliphatic hydroxyl groups excluding tert-OH is 1. The number of nitrogens with two attached hydrogens (primary N) is 1. The highest BCUT2D eigenvalue weighted by molar-refractivity contribution is 5.29. The highest BCUT2D eigenvalue weighted by atomic mass is 16.5. The van der Waals surface area contributed by atoms with Crippen molar-refractivity contribution >= 4 is 5.82 Å². The number of aromatic nitrogens is 2. The highest BCUT2D eigenvalue weighted by Crippen LogP contribution is 2.14. The van der Waals surface area contributed by atoms with Crippen LogP contribution >= 0.6 is 0 Å². The number of hydrogen-bond donors (Lipinski definition) is 3. The fourth-order valence-corrected chi connectivity index (χ4v) is 1.39. The first-order chi connectivity index (χ1) is 8.81. The van der Waals surface area contributed by atoms with Gasteiger partial charge in [-0.25, -0.2) is 10.8 Å². The Kier molecular flexibility index (Phi) is 4.06. The molecule has 1 aromatic heterocycles. The van der Waals surface area contributed by atoms with Gasteiger partial charge in [0.1, 0.15) is 12.4 Å². The molecule has 0 amide bonds. The molecule has 0 bridgehead atoms. The van der Waals surface area contributed by atoms with Crippen LogP contribution in [0.4, 0.5) is 5.82 Å². The predicted molar refractivity (Wildman–Crippen MR) is 66.5 cm³/mol. The summed E-state index contributed by atoms with van der Waals surface area (Å²) in [5, 5.41) is 9.01. The average molecular weight is 246 g/mol. The van der Waals surface area contributed by atoms with Crippen LogP contribution in [-0.4, -0.2) is 15.1 Å². The maximum atomic E-state index is 9.01. The molecule has 1 heterocycles. The van der Waals surface area contributed by atoms with E-state index in [0.29, 0.717) is 23.9 Å². The number of hydrazine groups is 1. The van der Waals surface area contributed by atoms with Crippen LogP contribution in [0.15, 0.2) is 36.7 Å². The first kappa shape index (κ1) is 12.3. The van der Waals surface area contributed by atoms with Gasteiger partial charge in [-0.15, -0.1) is 0 Å². The molecule has 0 saturated carbocycles. The minimum Gasteiger partial charge on any atom is -0.487 e. The van der Waals surface area contributed by atoms with Crippen LogP contribution in [0.5, 0.6) is 5.75 Å². The number of nitrogens with one attached hydrogen (secondary N) is 1. The normalized spacial score (nSPS) is 10.1. The summed E-state index contributed by atoms with van der Waals surface area (Å²) in [6, 6.07) is 7.26. The molecule has 0 aliphatic carbocycles. The lowest BCUT2D eigenvalue weighted by atomic mass is 10.2. The predicted octanol–water partition coefficient (Wildman–Crippen LogP) is 0.834. The van der Waals surface area contributed by atoms with Crippen molar-refractivity contribution < 1.29 is 9.84 Å². The Morgan fingerprint density at radius 1 is 1.28 bits per heavy atom. The van der Waals surface area contributed by atoms with Crippen molar-refractivity contribution in [1.82, 2.24) is 9.97 Å². The average Bonchev–Trinajstić information content (AvgIpc) is 2.46. The van der Waals surface area contributed by atoms with Crippen molar-refractivity contribution in [3.8, 4) is 5.75 Å². The van der Waals surface area contributed by atoms with E-state index in [9.17, 15) is 0 Å². The van der Waals surface area contributed by atoms with E-state index in [0.717, 1.165) is 5.56 Å². The van der Waals surface area contributed by atoms with E-state index in [2.05, 4.69) is 15.4 Å². The number of ether oxygens (including phenoxy) is 1. The molecule has 2 rings (SSSR count). The third-order valence-electron chi connectivity index (χ3n) is 2.32. The molecule has 0 aliphatic rings. The van der Waals surface area contributed by atoms with Crippen LogP contribution in [-0.2, 0) is 13.2 Å². The summed E-state index contributed by atoms with van der Waals surface area (Å²) >= 11 is 0. The molecule has 2 aromatic rings. The minimum atomic E-state index is -0.00608. The van der Waals surface area contributed by atoms with Crippen molar-refractivity contribution in [1.29, 1.82) is 0 Å². The first-order valence-corrected chi connectivity index (χ1v) is 5.42. The van der Waals surface area contributed by atoms with E-state index in [-0.39, 0.29) is 6.61 Å². The topological polar surface area (TPSA) is 93.3 Å². The SMILES string of the molecule is NNc1cnc(COc2cccc(CO)c2)cn1. The number of nitrogen functional groups attached to an aromatic ring is 1. The number of rotatable bonds is 5. The zero-order valence-electron chi connectivity index (χ0n) is 9.71. The molecule has 6 nitrogen and oxygen atoms in total. The smallest absolute Gasteiger partial charge is 0.158 e. The molecule has 0 radical (unpaired) electrons. The molecular weight excluding hydrogens is 232 g/mol. The van der Waals surface area contributed by atoms with Crippen molar-refractivity contribution in [3.63, 3.8) is 0 Å². The second-order valence-corrected chi connectivity index (χ2v) is 3.63. The van der Waals surface area contributed by atoms with Gasteiger partial charge in [-0.05, 0) is 17.7 Å². The second kappa shape index (κ2) is 5.95. The second-order valence-electron chi connectivity index (χ2n) is 3.63. The Hall–Kier alpha value is -2.18. The van der Waals surface area contributed by atoms with Crippen LogP contribution in [0, 0.1) is 0 Å². The standard InChI is InChI=1S/C12H14N4O2/c13-16-12-6-14-10(5-15-12)8-18-11-3-1-2-9(4-11)7-17/h1-6,17H,7-8,13H2,(H,15,16). The zero-order chi connectivity index (χ0) is 12.8. The molecule has 18 heavy (non-hydrogen) atoms. The number of anilines is 1. The molecule has 0 aliphatic heterocycles. The van der Waals surface area contributed by atoms with Gasteiger partial charge in [0.05, 0.1) is 24.7 Å². The summed E-state index contributed by atoms with van der Waals surface area (Å²) in [5.41, 5.74) is 3.91. The lowest BCUT2D eigenvalue weighted by molar-refractivity contribution is 0.277. The third kappa shape index (κ3) is 3.16. The number of aliphatic hydroxyl groups is 1. The summed E-state index contributed by atoms with van der Waals surface area (Å²) in [6.07, 6.45) is 3.12. The fourth-order valence-electron chi connectivity index (χ4n) is 1.39. The van der Waals surface area contributed by atoms with Gasteiger partial charge in [-0.2, -0.15) is 0 Å². The van der Waals surface area contributed by atoms with Crippen molar-refractivity contribution in [2.45, 2.75) is 13.2 Å². The van der Waals surface area contributed by atoms with Gasteiger partial charge >= 0.3 is 0 Å². The van der Waals surface area contributed by atoms with E-state index >= 15 is 0 Å². The molecule has 4 N–H and O–H groups in total. The number of nitrogens with zero attached hydrogens (tertiary/aromatic N) is 2. The minimum absolute atomic E-state index is 0.00608. The molecule has 0 atom stereocenters. The zero-order valence-corrected chi connectivity index (χ0v) is 9.71. The quantitative estimate of drug-likeness (QED) is 0.534. The summed E-state index contributed by atoms with van der Waals surface area (Å²) < 4.78 is 5.54. The van der Waals surface area contributed by atoms with Crippen LogP contribution in [0.25, 0.3) is 0 Å². The molecule has 6 heteroatoms. The third-order valence-corrected chi connectivity index (χ3v) is 2.32. The molecule has 0 spiro atoms. The van der Waals surface area contributed by atoms with E-state index in [1.807, 2.05) is 18.2 Å². The Morgan fingerprint density at radius 2 is 2.17 bits per heavy atom. The molecule has 1 aromatic carbocycles. The van der Waals surface area contributed by atoms with Crippen LogP contribution in [0.1, 0.15) is 11.3 Å². The molecular formula is C12H14N4O2. The lowest BCUT2D eigenvalue weighted by Gasteiger charge is -2.07. The highest BCUT2D eigenvalue weighted by Gasteiger charge is 1.99. The largest absolute Gasteiger partial charge is 0.487 e. The summed E-state index contributed by atoms with van der Waals surface area (Å²) in [6.45, 7) is 0.306. The molecule has 0 unspecified atom stereocenters. The Bertz CT molecular complexity index is 502. The van der Waals surface area contributed by atoms with Gasteiger partial charge in [-0.1, -0.05) is 12.1 Å². The monoisotopic (exact) mass is 246 g/mol. The van der Waals surface area contributed by atoms with Crippen LogP contribution < -0.4 is 16.0 Å². The van der Waals surface area contributed by atoms with Crippen LogP contribution in [0.2, 0.25) is 0 Å². The number of benzene rings is 1. The van der Waals surface area contributed by atoms with Gasteiger partial charge in [0, 0.05) is 0 Å². The molecule has 0 saturated heterocycles. The van der Waals surface area contributed by atoms with Gasteiger partial charge in [0.25, 0.3) is 0 Å². The van der Waals surface area contributed by atoms with Crippen molar-refractivity contribution in [2.75, 3.05) is 5.43 Å². The Balaban J connectivity index is 1.97. The van der Waals surface area contributed by atoms with Gasteiger partial charge in [-0.3, -0.25) is 4.98 Å². The van der Waals surface area contributed by atoms with Crippen LogP contribution in [0.3, 0.4) is 0 Å². The van der Waals surface area contributed by atoms with Gasteiger partial charge < -0.3 is 15.3 Å². The van der Waals surface area contributed by atoms with E-state index in [1.165, 1.54) is 6.20 Å².